The number of rotatable bonds is 3. The van der Waals surface area contributed by atoms with Crippen molar-refractivity contribution in [3.05, 3.63) is 29.8 Å². The van der Waals surface area contributed by atoms with Crippen molar-refractivity contribution in [1.82, 2.24) is 0 Å². The Hall–Kier alpha value is -2.02. The number of nitriles is 1. The van der Waals surface area contributed by atoms with Gasteiger partial charge in [0, 0.05) is 0 Å². The Morgan fingerprint density at radius 1 is 1.28 bits per heavy atom. The third-order valence-corrected chi connectivity index (χ3v) is 3.32. The van der Waals surface area contributed by atoms with Crippen molar-refractivity contribution in [2.45, 2.75) is 31.8 Å². The minimum Gasteiger partial charge on any atom is -0.489 e. The summed E-state index contributed by atoms with van der Waals surface area (Å²) >= 11 is 0. The van der Waals surface area contributed by atoms with Gasteiger partial charge in [0.05, 0.1) is 17.6 Å². The van der Waals surface area contributed by atoms with E-state index >= 15 is 0 Å². The zero-order valence-electron chi connectivity index (χ0n) is 10.0. The number of ether oxygens (including phenoxy) is 1. The van der Waals surface area contributed by atoms with E-state index in [0.29, 0.717) is 24.2 Å². The minimum atomic E-state index is -0.717. The molecule has 1 saturated carbocycles. The first kappa shape index (κ1) is 12.4. The van der Waals surface area contributed by atoms with Gasteiger partial charge in [0.15, 0.2) is 0 Å². The van der Waals surface area contributed by atoms with Gasteiger partial charge in [-0.15, -0.1) is 0 Å². The summed E-state index contributed by atoms with van der Waals surface area (Å²) in [6.45, 7) is 0. The first-order chi connectivity index (χ1) is 8.70. The van der Waals surface area contributed by atoms with Gasteiger partial charge in [-0.1, -0.05) is 12.1 Å². The molecule has 0 aromatic heterocycles. The van der Waals surface area contributed by atoms with Crippen LogP contribution in [0.3, 0.4) is 0 Å². The first-order valence-electron chi connectivity index (χ1n) is 6.09. The summed E-state index contributed by atoms with van der Waals surface area (Å²) in [5.74, 6) is -0.360. The molecule has 0 heterocycles. The summed E-state index contributed by atoms with van der Waals surface area (Å²) in [5, 5.41) is 17.9. The molecule has 0 unspecified atom stereocenters. The van der Waals surface area contributed by atoms with Crippen LogP contribution < -0.4 is 4.74 Å². The number of hydrogen-bond donors (Lipinski definition) is 1. The third-order valence-electron chi connectivity index (χ3n) is 3.32. The second-order valence-electron chi connectivity index (χ2n) is 4.54. The van der Waals surface area contributed by atoms with Crippen LogP contribution >= 0.6 is 0 Å². The van der Waals surface area contributed by atoms with E-state index in [0.717, 1.165) is 12.8 Å². The molecule has 94 valence electrons. The van der Waals surface area contributed by atoms with Crippen molar-refractivity contribution in [3.8, 4) is 11.8 Å². The molecule has 0 amide bonds. The number of hydrogen-bond acceptors (Lipinski definition) is 3. The van der Waals surface area contributed by atoms with Crippen LogP contribution in [0, 0.1) is 17.2 Å². The molecule has 4 heteroatoms. The molecule has 0 aliphatic heterocycles. The van der Waals surface area contributed by atoms with Crippen LogP contribution in [0.15, 0.2) is 24.3 Å². The fourth-order valence-electron chi connectivity index (χ4n) is 2.27. The molecule has 1 fully saturated rings. The van der Waals surface area contributed by atoms with Crippen LogP contribution in [0.5, 0.6) is 5.75 Å². The van der Waals surface area contributed by atoms with E-state index in [2.05, 4.69) is 6.07 Å². The summed E-state index contributed by atoms with van der Waals surface area (Å²) in [4.78, 5) is 10.8. The Balaban J connectivity index is 1.96. The molecule has 0 radical (unpaired) electrons. The molecule has 0 bridgehead atoms. The van der Waals surface area contributed by atoms with Gasteiger partial charge in [0.1, 0.15) is 11.8 Å². The van der Waals surface area contributed by atoms with E-state index in [9.17, 15) is 4.79 Å². The zero-order valence-corrected chi connectivity index (χ0v) is 10.0. The highest BCUT2D eigenvalue weighted by Gasteiger charge is 2.27. The first-order valence-corrected chi connectivity index (χ1v) is 6.09. The molecule has 1 aromatic carbocycles. The SMILES string of the molecule is N#Cc1ccccc1O[C@H]1CC[C@H](C(=O)O)CC1. The lowest BCUT2D eigenvalue weighted by atomic mass is 9.87. The van der Waals surface area contributed by atoms with E-state index in [4.69, 9.17) is 15.1 Å². The van der Waals surface area contributed by atoms with Gasteiger partial charge in [0.2, 0.25) is 0 Å². The van der Waals surface area contributed by atoms with Crippen molar-refractivity contribution in [1.29, 1.82) is 5.26 Å². The van der Waals surface area contributed by atoms with Gasteiger partial charge >= 0.3 is 5.97 Å². The van der Waals surface area contributed by atoms with E-state index < -0.39 is 5.97 Å². The summed E-state index contributed by atoms with van der Waals surface area (Å²) in [5.41, 5.74) is 0.526. The fraction of sp³-hybridized carbons (Fsp3) is 0.429. The lowest BCUT2D eigenvalue weighted by Gasteiger charge is -2.27. The highest BCUT2D eigenvalue weighted by Crippen LogP contribution is 2.28. The molecular weight excluding hydrogens is 230 g/mol. The quantitative estimate of drug-likeness (QED) is 0.888. The molecular formula is C14H15NO3. The van der Waals surface area contributed by atoms with Crippen LogP contribution in [0.2, 0.25) is 0 Å². The molecule has 1 aliphatic carbocycles. The van der Waals surface area contributed by atoms with Crippen molar-refractivity contribution in [3.63, 3.8) is 0 Å². The largest absolute Gasteiger partial charge is 0.489 e. The van der Waals surface area contributed by atoms with Crippen molar-refractivity contribution in [2.75, 3.05) is 0 Å². The number of carboxylic acid groups (broad SMARTS) is 1. The van der Waals surface area contributed by atoms with Gasteiger partial charge in [-0.3, -0.25) is 4.79 Å². The standard InChI is InChI=1S/C14H15NO3/c15-9-11-3-1-2-4-13(11)18-12-7-5-10(6-8-12)14(16)17/h1-4,10,12H,5-8H2,(H,16,17)/t10-,12-. The maximum Gasteiger partial charge on any atom is 0.306 e. The van der Waals surface area contributed by atoms with Crippen LogP contribution in [-0.4, -0.2) is 17.2 Å². The lowest BCUT2D eigenvalue weighted by Crippen LogP contribution is -2.28. The Morgan fingerprint density at radius 3 is 2.56 bits per heavy atom. The number of benzene rings is 1. The van der Waals surface area contributed by atoms with Gasteiger partial charge in [-0.25, -0.2) is 0 Å². The maximum absolute atomic E-state index is 10.8. The van der Waals surface area contributed by atoms with E-state index in [1.807, 2.05) is 6.07 Å². The average molecular weight is 245 g/mol. The molecule has 2 rings (SSSR count). The highest BCUT2D eigenvalue weighted by atomic mass is 16.5. The topological polar surface area (TPSA) is 70.3 Å². The molecule has 1 aliphatic rings. The van der Waals surface area contributed by atoms with Crippen molar-refractivity contribution >= 4 is 5.97 Å². The Kier molecular flexibility index (Phi) is 3.83. The monoisotopic (exact) mass is 245 g/mol. The summed E-state index contributed by atoms with van der Waals surface area (Å²) in [7, 11) is 0. The van der Waals surface area contributed by atoms with Gasteiger partial charge < -0.3 is 9.84 Å². The second-order valence-corrected chi connectivity index (χ2v) is 4.54. The minimum absolute atomic E-state index is 0.0232. The zero-order chi connectivity index (χ0) is 13.0. The molecule has 0 saturated heterocycles. The van der Waals surface area contributed by atoms with Gasteiger partial charge in [-0.05, 0) is 37.8 Å². The molecule has 18 heavy (non-hydrogen) atoms. The summed E-state index contributed by atoms with van der Waals surface area (Å²) in [6.07, 6.45) is 2.78. The van der Waals surface area contributed by atoms with Crippen LogP contribution in [0.4, 0.5) is 0 Å². The van der Waals surface area contributed by atoms with Gasteiger partial charge in [-0.2, -0.15) is 5.26 Å². The molecule has 1 N–H and O–H groups in total. The molecule has 0 spiro atoms. The average Bonchev–Trinajstić information content (AvgIpc) is 2.40. The smallest absolute Gasteiger partial charge is 0.306 e. The Bertz CT molecular complexity index is 470. The number of carbonyl (C=O) groups is 1. The van der Waals surface area contributed by atoms with Crippen LogP contribution in [-0.2, 0) is 4.79 Å². The predicted octanol–water partition coefficient (Wildman–Crippen LogP) is 2.58. The maximum atomic E-state index is 10.8. The van der Waals surface area contributed by atoms with Crippen LogP contribution in [0.25, 0.3) is 0 Å². The Labute approximate surface area is 106 Å². The predicted molar refractivity (Wildman–Crippen MR) is 65.2 cm³/mol. The van der Waals surface area contributed by atoms with Crippen molar-refractivity contribution < 1.29 is 14.6 Å². The summed E-state index contributed by atoms with van der Waals surface area (Å²) < 4.78 is 5.79. The highest BCUT2D eigenvalue weighted by molar-refractivity contribution is 5.70. The number of carboxylic acids is 1. The molecule has 1 aromatic rings. The van der Waals surface area contributed by atoms with E-state index in [1.54, 1.807) is 18.2 Å². The number of para-hydroxylation sites is 1. The molecule has 4 nitrogen and oxygen atoms in total. The number of nitrogens with zero attached hydrogens (tertiary/aromatic N) is 1. The summed E-state index contributed by atoms with van der Waals surface area (Å²) in [6, 6.07) is 9.22. The number of aliphatic carboxylic acids is 1. The van der Waals surface area contributed by atoms with E-state index in [1.165, 1.54) is 0 Å². The van der Waals surface area contributed by atoms with Gasteiger partial charge in [0.25, 0.3) is 0 Å². The fourth-order valence-corrected chi connectivity index (χ4v) is 2.27. The lowest BCUT2D eigenvalue weighted by molar-refractivity contribution is -0.143. The Morgan fingerprint density at radius 2 is 1.94 bits per heavy atom. The van der Waals surface area contributed by atoms with Crippen LogP contribution in [0.1, 0.15) is 31.2 Å². The normalized spacial score (nSPS) is 23.1. The third kappa shape index (κ3) is 2.80. The second kappa shape index (κ2) is 5.54. The van der Waals surface area contributed by atoms with Crippen molar-refractivity contribution in [2.24, 2.45) is 5.92 Å². The van der Waals surface area contributed by atoms with E-state index in [-0.39, 0.29) is 12.0 Å². The molecule has 0 atom stereocenters.